The van der Waals surface area contributed by atoms with Crippen LogP contribution in [-0.4, -0.2) is 0 Å². The van der Waals surface area contributed by atoms with E-state index in [1.165, 1.54) is 21.6 Å². The largest absolute Gasteiger partial charge is 0.147 e. The number of hydrogen-bond donors (Lipinski definition) is 0. The first-order valence-corrected chi connectivity index (χ1v) is 5.51. The van der Waals surface area contributed by atoms with E-state index in [2.05, 4.69) is 54.3 Å². The van der Waals surface area contributed by atoms with Gasteiger partial charge in [0.2, 0.25) is 0 Å². The minimum Gasteiger partial charge on any atom is -0.147 e. The predicted molar refractivity (Wildman–Crippen MR) is 62.2 cm³/mol. The molecule has 0 bridgehead atoms. The number of rotatable bonds is 1. The van der Waals surface area contributed by atoms with Gasteiger partial charge in [0.25, 0.3) is 0 Å². The SMILES string of the molecule is [CH]1C=Cc2c(-c3ccccc3)csc21. The molecule has 0 saturated heterocycles. The maximum Gasteiger partial charge on any atom is 0.0234 e. The molecule has 14 heavy (non-hydrogen) atoms. The highest BCUT2D eigenvalue weighted by molar-refractivity contribution is 7.11. The molecule has 1 heterocycles. The maximum atomic E-state index is 2.24. The third kappa shape index (κ3) is 1.13. The van der Waals surface area contributed by atoms with Crippen LogP contribution in [0.4, 0.5) is 0 Å². The molecule has 1 aliphatic carbocycles. The van der Waals surface area contributed by atoms with E-state index < -0.39 is 0 Å². The standard InChI is InChI=1S/C13H9S/c1-2-5-10(6-3-1)12-9-14-13-8-4-7-11(12)13/h1-9H. The first kappa shape index (κ1) is 8.01. The Kier molecular flexibility index (Phi) is 1.78. The molecule has 1 radical (unpaired) electrons. The zero-order chi connectivity index (χ0) is 9.38. The van der Waals surface area contributed by atoms with Gasteiger partial charge in [-0.1, -0.05) is 42.5 Å². The molecule has 1 aliphatic rings. The van der Waals surface area contributed by atoms with E-state index in [-0.39, 0.29) is 0 Å². The molecule has 1 aromatic carbocycles. The predicted octanol–water partition coefficient (Wildman–Crippen LogP) is 3.99. The van der Waals surface area contributed by atoms with Gasteiger partial charge in [-0.25, -0.2) is 0 Å². The molecule has 67 valence electrons. The van der Waals surface area contributed by atoms with Crippen LogP contribution < -0.4 is 0 Å². The Morgan fingerprint density at radius 3 is 2.71 bits per heavy atom. The quantitative estimate of drug-likeness (QED) is 0.648. The van der Waals surface area contributed by atoms with Crippen molar-refractivity contribution in [2.24, 2.45) is 0 Å². The normalized spacial score (nSPS) is 13.1. The Morgan fingerprint density at radius 1 is 1.00 bits per heavy atom. The second-order valence-corrected chi connectivity index (χ2v) is 4.23. The lowest BCUT2D eigenvalue weighted by Crippen LogP contribution is -1.76. The summed E-state index contributed by atoms with van der Waals surface area (Å²) in [5.41, 5.74) is 4.04. The van der Waals surface area contributed by atoms with Gasteiger partial charge in [-0.3, -0.25) is 0 Å². The third-order valence-corrected chi connectivity index (χ3v) is 3.42. The molecule has 0 fully saturated rings. The van der Waals surface area contributed by atoms with Crippen LogP contribution in [0.1, 0.15) is 10.4 Å². The minimum absolute atomic E-state index is 1.31. The second kappa shape index (κ2) is 3.10. The van der Waals surface area contributed by atoms with E-state index in [9.17, 15) is 0 Å². The molecule has 0 spiro atoms. The van der Waals surface area contributed by atoms with E-state index >= 15 is 0 Å². The van der Waals surface area contributed by atoms with Crippen molar-refractivity contribution in [2.45, 2.75) is 0 Å². The van der Waals surface area contributed by atoms with E-state index in [1.54, 1.807) is 0 Å². The van der Waals surface area contributed by atoms with Crippen molar-refractivity contribution >= 4 is 17.4 Å². The highest BCUT2D eigenvalue weighted by Gasteiger charge is 2.13. The fourth-order valence-corrected chi connectivity index (χ4v) is 2.73. The Balaban J connectivity index is 2.18. The average Bonchev–Trinajstić information content (AvgIpc) is 2.79. The van der Waals surface area contributed by atoms with Crippen LogP contribution in [0.3, 0.4) is 0 Å². The van der Waals surface area contributed by atoms with Gasteiger partial charge in [-0.2, -0.15) is 0 Å². The number of thiophene rings is 1. The number of allylic oxidation sites excluding steroid dienone is 1. The summed E-state index contributed by atoms with van der Waals surface area (Å²) in [4.78, 5) is 1.38. The fourth-order valence-electron chi connectivity index (χ4n) is 1.76. The van der Waals surface area contributed by atoms with Gasteiger partial charge in [0.05, 0.1) is 0 Å². The molecule has 0 aliphatic heterocycles. The van der Waals surface area contributed by atoms with E-state index in [0.29, 0.717) is 0 Å². The molecule has 0 atom stereocenters. The molecule has 2 aromatic rings. The van der Waals surface area contributed by atoms with Crippen molar-refractivity contribution in [2.75, 3.05) is 0 Å². The molecule has 0 saturated carbocycles. The first-order valence-electron chi connectivity index (χ1n) is 4.63. The Bertz CT molecular complexity index is 477. The summed E-state index contributed by atoms with van der Waals surface area (Å²) in [6.45, 7) is 0. The summed E-state index contributed by atoms with van der Waals surface area (Å²) in [5, 5.41) is 2.24. The van der Waals surface area contributed by atoms with Crippen LogP contribution in [0.5, 0.6) is 0 Å². The molecule has 0 N–H and O–H groups in total. The Hall–Kier alpha value is -1.34. The van der Waals surface area contributed by atoms with Crippen molar-refractivity contribution in [1.29, 1.82) is 0 Å². The molecule has 0 unspecified atom stereocenters. The molecule has 0 amide bonds. The zero-order valence-corrected chi connectivity index (χ0v) is 8.42. The van der Waals surface area contributed by atoms with Gasteiger partial charge in [0.1, 0.15) is 0 Å². The summed E-state index contributed by atoms with van der Waals surface area (Å²) in [5.74, 6) is 0. The van der Waals surface area contributed by atoms with Crippen LogP contribution in [0.25, 0.3) is 17.2 Å². The Labute approximate surface area is 87.5 Å². The van der Waals surface area contributed by atoms with E-state index in [0.717, 1.165) is 0 Å². The van der Waals surface area contributed by atoms with Crippen LogP contribution >= 0.6 is 11.3 Å². The van der Waals surface area contributed by atoms with E-state index in [4.69, 9.17) is 0 Å². The maximum absolute atomic E-state index is 2.24. The first-order chi connectivity index (χ1) is 6.95. The van der Waals surface area contributed by atoms with E-state index in [1.807, 2.05) is 11.3 Å². The highest BCUT2D eigenvalue weighted by Crippen LogP contribution is 2.36. The molecule has 1 heteroatoms. The summed E-state index contributed by atoms with van der Waals surface area (Å²) in [6.07, 6.45) is 6.48. The van der Waals surface area contributed by atoms with Gasteiger partial charge in [-0.15, -0.1) is 11.3 Å². The molecular weight excluding hydrogens is 188 g/mol. The van der Waals surface area contributed by atoms with Crippen LogP contribution in [0.15, 0.2) is 41.8 Å². The zero-order valence-electron chi connectivity index (χ0n) is 7.60. The molecule has 0 nitrogen and oxygen atoms in total. The lowest BCUT2D eigenvalue weighted by molar-refractivity contribution is 1.65. The summed E-state index contributed by atoms with van der Waals surface area (Å²) >= 11 is 1.82. The molecule has 3 rings (SSSR count). The number of benzene rings is 1. The van der Waals surface area contributed by atoms with Gasteiger partial charge in [-0.05, 0) is 22.1 Å². The number of hydrogen-bond acceptors (Lipinski definition) is 1. The Morgan fingerprint density at radius 2 is 1.86 bits per heavy atom. The van der Waals surface area contributed by atoms with Crippen LogP contribution in [0.2, 0.25) is 0 Å². The smallest absolute Gasteiger partial charge is 0.0234 e. The summed E-state index contributed by atoms with van der Waals surface area (Å²) < 4.78 is 0. The molecule has 1 aromatic heterocycles. The topological polar surface area (TPSA) is 0 Å². The summed E-state index contributed by atoms with van der Waals surface area (Å²) in [6, 6.07) is 10.5. The van der Waals surface area contributed by atoms with Crippen LogP contribution in [0, 0.1) is 6.42 Å². The summed E-state index contributed by atoms with van der Waals surface area (Å²) in [7, 11) is 0. The second-order valence-electron chi connectivity index (χ2n) is 3.32. The fraction of sp³-hybridized carbons (Fsp3) is 0. The van der Waals surface area contributed by atoms with Gasteiger partial charge < -0.3 is 0 Å². The van der Waals surface area contributed by atoms with Gasteiger partial charge >= 0.3 is 0 Å². The lowest BCUT2D eigenvalue weighted by atomic mass is 10.0. The molecular formula is C13H9S. The van der Waals surface area contributed by atoms with Crippen molar-refractivity contribution < 1.29 is 0 Å². The highest BCUT2D eigenvalue weighted by atomic mass is 32.1. The minimum atomic E-state index is 1.31. The lowest BCUT2D eigenvalue weighted by Gasteiger charge is -1.98. The van der Waals surface area contributed by atoms with Crippen molar-refractivity contribution in [3.63, 3.8) is 0 Å². The third-order valence-electron chi connectivity index (χ3n) is 2.45. The monoisotopic (exact) mass is 197 g/mol. The van der Waals surface area contributed by atoms with Crippen molar-refractivity contribution in [3.8, 4) is 11.1 Å². The van der Waals surface area contributed by atoms with Gasteiger partial charge in [0, 0.05) is 11.3 Å². The average molecular weight is 197 g/mol. The van der Waals surface area contributed by atoms with Crippen LogP contribution in [-0.2, 0) is 0 Å². The van der Waals surface area contributed by atoms with Crippen molar-refractivity contribution in [3.05, 3.63) is 58.6 Å². The van der Waals surface area contributed by atoms with Crippen molar-refractivity contribution in [1.82, 2.24) is 0 Å². The van der Waals surface area contributed by atoms with Gasteiger partial charge in [0.15, 0.2) is 0 Å². The number of fused-ring (bicyclic) bond motifs is 1.